The van der Waals surface area contributed by atoms with Gasteiger partial charge in [0, 0.05) is 13.3 Å². The molecule has 6 nitrogen and oxygen atoms in total. The zero-order valence-corrected chi connectivity index (χ0v) is 10.9. The normalized spacial score (nSPS) is 46.5. The Balaban J connectivity index is 1.88. The molecule has 5 unspecified atom stereocenters. The molecule has 0 aromatic rings. The molecule has 0 aromatic carbocycles. The summed E-state index contributed by atoms with van der Waals surface area (Å²) >= 11 is 0. The summed E-state index contributed by atoms with van der Waals surface area (Å²) in [6.45, 7) is 1.96. The molecule has 0 N–H and O–H groups in total. The molecule has 3 saturated heterocycles. The van der Waals surface area contributed by atoms with E-state index in [4.69, 9.17) is 13.7 Å². The molecule has 3 aliphatic heterocycles. The highest BCUT2D eigenvalue weighted by molar-refractivity contribution is 7.87. The molecular weight excluding hydrogens is 286 g/mol. The van der Waals surface area contributed by atoms with E-state index in [1.54, 1.807) is 0 Å². The van der Waals surface area contributed by atoms with Crippen LogP contribution in [0, 0.1) is 0 Å². The zero-order valence-electron chi connectivity index (χ0n) is 10.1. The minimum absolute atomic E-state index is 0.0731. The molecule has 0 amide bonds. The average Bonchev–Trinajstić information content (AvgIpc) is 2.76. The molecule has 0 saturated carbocycles. The van der Waals surface area contributed by atoms with Crippen molar-refractivity contribution in [1.82, 2.24) is 0 Å². The van der Waals surface area contributed by atoms with E-state index in [2.05, 4.69) is 0 Å². The molecule has 9 heteroatoms. The van der Waals surface area contributed by atoms with Gasteiger partial charge in [-0.3, -0.25) is 4.18 Å². The monoisotopic (exact) mass is 298 g/mol. The molecule has 19 heavy (non-hydrogen) atoms. The van der Waals surface area contributed by atoms with E-state index in [-0.39, 0.29) is 6.42 Å². The highest BCUT2D eigenvalue weighted by Gasteiger charge is 2.72. The van der Waals surface area contributed by atoms with E-state index in [0.717, 1.165) is 0 Å². The quantitative estimate of drug-likeness (QED) is 0.536. The smallest absolute Gasteiger partial charge is 0.377 e. The van der Waals surface area contributed by atoms with Crippen molar-refractivity contribution >= 4 is 16.1 Å². The standard InChI is InChI=1S/C10H12F2O6S/c1-9-3-4-5(17-9)6(18-19(4,14)15)7(9)16-8(13)10(2,11)12/h4-7H,3H2,1-2H3. The maximum Gasteiger partial charge on any atom is 0.377 e. The Morgan fingerprint density at radius 2 is 2.05 bits per heavy atom. The van der Waals surface area contributed by atoms with Crippen molar-refractivity contribution in [2.75, 3.05) is 0 Å². The number of ether oxygens (including phenoxy) is 2. The van der Waals surface area contributed by atoms with Gasteiger partial charge in [-0.25, -0.2) is 4.79 Å². The Morgan fingerprint density at radius 1 is 1.42 bits per heavy atom. The van der Waals surface area contributed by atoms with Crippen molar-refractivity contribution in [3.63, 3.8) is 0 Å². The number of halogens is 2. The first-order valence-electron chi connectivity index (χ1n) is 5.73. The number of carbonyl (C=O) groups is 1. The minimum atomic E-state index is -3.78. The van der Waals surface area contributed by atoms with Crippen molar-refractivity contribution in [3.8, 4) is 0 Å². The Hall–Kier alpha value is -0.800. The fourth-order valence-electron chi connectivity index (χ4n) is 2.94. The summed E-state index contributed by atoms with van der Waals surface area (Å²) in [6.07, 6.45) is -2.84. The van der Waals surface area contributed by atoms with Gasteiger partial charge in [-0.05, 0) is 6.92 Å². The van der Waals surface area contributed by atoms with Crippen molar-refractivity contribution in [1.29, 1.82) is 0 Å². The van der Waals surface area contributed by atoms with E-state index < -0.39 is 51.2 Å². The number of rotatable bonds is 2. The van der Waals surface area contributed by atoms with E-state index in [9.17, 15) is 22.0 Å². The van der Waals surface area contributed by atoms with Gasteiger partial charge in [0.1, 0.15) is 23.1 Å². The van der Waals surface area contributed by atoms with E-state index in [1.165, 1.54) is 6.92 Å². The number of esters is 1. The summed E-state index contributed by atoms with van der Waals surface area (Å²) < 4.78 is 64.1. The zero-order chi connectivity index (χ0) is 14.2. The molecule has 3 rings (SSSR count). The highest BCUT2D eigenvalue weighted by Crippen LogP contribution is 2.53. The van der Waals surface area contributed by atoms with Crippen LogP contribution in [-0.2, 0) is 28.6 Å². The molecule has 108 valence electrons. The fourth-order valence-corrected chi connectivity index (χ4v) is 4.68. The van der Waals surface area contributed by atoms with Crippen LogP contribution in [0.1, 0.15) is 20.3 Å². The molecule has 0 aromatic heterocycles. The van der Waals surface area contributed by atoms with Gasteiger partial charge in [-0.15, -0.1) is 0 Å². The Morgan fingerprint density at radius 3 is 2.63 bits per heavy atom. The third-order valence-electron chi connectivity index (χ3n) is 3.81. The van der Waals surface area contributed by atoms with Gasteiger partial charge in [0.05, 0.1) is 0 Å². The van der Waals surface area contributed by atoms with Crippen LogP contribution >= 0.6 is 0 Å². The van der Waals surface area contributed by atoms with Gasteiger partial charge < -0.3 is 9.47 Å². The number of fused-ring (bicyclic) bond motifs is 1. The maximum absolute atomic E-state index is 12.9. The van der Waals surface area contributed by atoms with E-state index in [0.29, 0.717) is 6.92 Å². The predicted octanol–water partition coefficient (Wildman–Crippen LogP) is 0.212. The number of hydrogen-bond acceptors (Lipinski definition) is 6. The van der Waals surface area contributed by atoms with Crippen LogP contribution in [0.3, 0.4) is 0 Å². The lowest BCUT2D eigenvalue weighted by Crippen LogP contribution is -2.49. The molecule has 0 spiro atoms. The SMILES string of the molecule is CC(F)(F)C(=O)OC1C2OS(=O)(=O)C3CC1(C)OC23. The van der Waals surface area contributed by atoms with Crippen molar-refractivity contribution in [2.24, 2.45) is 0 Å². The van der Waals surface area contributed by atoms with E-state index in [1.807, 2.05) is 0 Å². The van der Waals surface area contributed by atoms with Gasteiger partial charge in [0.25, 0.3) is 10.1 Å². The van der Waals surface area contributed by atoms with Crippen molar-refractivity contribution in [3.05, 3.63) is 0 Å². The Bertz CT molecular complexity index is 541. The summed E-state index contributed by atoms with van der Waals surface area (Å²) in [7, 11) is -3.78. The van der Waals surface area contributed by atoms with Crippen LogP contribution in [0.25, 0.3) is 0 Å². The fraction of sp³-hybridized carbons (Fsp3) is 0.900. The van der Waals surface area contributed by atoms with Gasteiger partial charge in [-0.2, -0.15) is 17.2 Å². The highest BCUT2D eigenvalue weighted by atomic mass is 32.2. The largest absolute Gasteiger partial charge is 0.452 e. The maximum atomic E-state index is 12.9. The Kier molecular flexibility index (Phi) is 2.39. The van der Waals surface area contributed by atoms with Gasteiger partial charge in [-0.1, -0.05) is 0 Å². The van der Waals surface area contributed by atoms with Crippen LogP contribution in [0.5, 0.6) is 0 Å². The molecule has 0 aliphatic carbocycles. The topological polar surface area (TPSA) is 78.9 Å². The lowest BCUT2D eigenvalue weighted by Gasteiger charge is -2.30. The van der Waals surface area contributed by atoms with Crippen LogP contribution in [0.15, 0.2) is 0 Å². The minimum Gasteiger partial charge on any atom is -0.452 e. The van der Waals surface area contributed by atoms with Crippen LogP contribution in [0.2, 0.25) is 0 Å². The van der Waals surface area contributed by atoms with Gasteiger partial charge >= 0.3 is 11.9 Å². The first-order chi connectivity index (χ1) is 8.55. The van der Waals surface area contributed by atoms with Crippen LogP contribution in [0.4, 0.5) is 8.78 Å². The summed E-state index contributed by atoms with van der Waals surface area (Å²) in [6, 6.07) is 0. The second-order valence-corrected chi connectivity index (χ2v) is 7.19. The molecule has 3 aliphatic rings. The molecule has 2 bridgehead atoms. The number of carbonyl (C=O) groups excluding carboxylic acids is 1. The number of alkyl halides is 2. The molecular formula is C10H12F2O6S. The summed E-state index contributed by atoms with van der Waals surface area (Å²) in [5.74, 6) is -5.35. The first kappa shape index (κ1) is 13.2. The van der Waals surface area contributed by atoms with Crippen molar-refractivity contribution < 1.29 is 35.6 Å². The summed E-state index contributed by atoms with van der Waals surface area (Å²) in [5, 5.41) is -0.806. The number of hydrogen-bond donors (Lipinski definition) is 0. The third-order valence-corrected chi connectivity index (χ3v) is 5.48. The second kappa shape index (κ2) is 3.44. The summed E-state index contributed by atoms with van der Waals surface area (Å²) in [4.78, 5) is 11.2. The van der Waals surface area contributed by atoms with E-state index >= 15 is 0 Å². The molecule has 3 heterocycles. The second-order valence-electron chi connectivity index (χ2n) is 5.41. The van der Waals surface area contributed by atoms with Crippen molar-refractivity contribution in [2.45, 2.75) is 55.4 Å². The van der Waals surface area contributed by atoms with Crippen LogP contribution in [-0.4, -0.2) is 49.5 Å². The third kappa shape index (κ3) is 1.71. The molecule has 0 radical (unpaired) electrons. The van der Waals surface area contributed by atoms with Gasteiger partial charge in [0.15, 0.2) is 6.10 Å². The Labute approximate surface area is 108 Å². The van der Waals surface area contributed by atoms with Crippen LogP contribution < -0.4 is 0 Å². The lowest BCUT2D eigenvalue weighted by atomic mass is 9.85. The lowest BCUT2D eigenvalue weighted by molar-refractivity contribution is -0.185. The predicted molar refractivity (Wildman–Crippen MR) is 56.0 cm³/mol. The summed E-state index contributed by atoms with van der Waals surface area (Å²) in [5.41, 5.74) is -1.09. The average molecular weight is 298 g/mol. The molecule has 5 atom stereocenters. The molecule has 3 fully saturated rings. The first-order valence-corrected chi connectivity index (χ1v) is 7.21. The van der Waals surface area contributed by atoms with Gasteiger partial charge in [0.2, 0.25) is 0 Å².